The van der Waals surface area contributed by atoms with Crippen LogP contribution in [0.1, 0.15) is 27.2 Å². The van der Waals surface area contributed by atoms with Gasteiger partial charge in [-0.2, -0.15) is 0 Å². The van der Waals surface area contributed by atoms with Gasteiger partial charge in [-0.05, 0) is 11.8 Å². The lowest BCUT2D eigenvalue weighted by molar-refractivity contribution is 0.347. The first-order chi connectivity index (χ1) is 7.00. The van der Waals surface area contributed by atoms with Crippen LogP contribution in [0.2, 0.25) is 0 Å². The highest BCUT2D eigenvalue weighted by Crippen LogP contribution is 2.19. The van der Waals surface area contributed by atoms with Crippen LogP contribution in [0.3, 0.4) is 0 Å². The second-order valence-electron chi connectivity index (χ2n) is 4.70. The van der Waals surface area contributed by atoms with Gasteiger partial charge in [-0.15, -0.1) is 0 Å². The van der Waals surface area contributed by atoms with E-state index in [2.05, 4.69) is 36.7 Å². The minimum Gasteiger partial charge on any atom is -0.299 e. The summed E-state index contributed by atoms with van der Waals surface area (Å²) in [6, 6.07) is 0. The summed E-state index contributed by atoms with van der Waals surface area (Å²) < 4.78 is 3.56. The van der Waals surface area contributed by atoms with Crippen molar-refractivity contribution in [3.63, 3.8) is 0 Å². The summed E-state index contributed by atoms with van der Waals surface area (Å²) in [6.07, 6.45) is 4.74. The minimum atomic E-state index is 0.103. The lowest BCUT2D eigenvalue weighted by atomic mass is 9.97. The van der Waals surface area contributed by atoms with Gasteiger partial charge in [0, 0.05) is 30.8 Å². The average molecular weight is 275 g/mol. The van der Waals surface area contributed by atoms with Gasteiger partial charge in [0.25, 0.3) is 0 Å². The molecule has 1 aromatic rings. The van der Waals surface area contributed by atoms with Gasteiger partial charge in [-0.25, -0.2) is 4.79 Å². The fourth-order valence-corrected chi connectivity index (χ4v) is 1.67. The highest BCUT2D eigenvalue weighted by atomic mass is 79.9. The number of aromatic nitrogens is 2. The van der Waals surface area contributed by atoms with Crippen molar-refractivity contribution in [2.24, 2.45) is 5.41 Å². The van der Waals surface area contributed by atoms with Crippen LogP contribution in [0.4, 0.5) is 0 Å². The standard InChI is InChI=1S/C11H19BrN2O/c1-4-5-13-6-7-14(10(13)15)9-11(2,3)8-12/h6-7H,4-5,8-9H2,1-3H3. The van der Waals surface area contributed by atoms with Crippen LogP contribution in [-0.2, 0) is 13.1 Å². The van der Waals surface area contributed by atoms with E-state index in [1.54, 1.807) is 9.13 Å². The quantitative estimate of drug-likeness (QED) is 0.758. The maximum absolute atomic E-state index is 11.9. The second kappa shape index (κ2) is 5.01. The van der Waals surface area contributed by atoms with Gasteiger partial charge in [-0.3, -0.25) is 9.13 Å². The summed E-state index contributed by atoms with van der Waals surface area (Å²) in [5.74, 6) is 0. The third-order valence-corrected chi connectivity index (χ3v) is 3.86. The number of hydrogen-bond donors (Lipinski definition) is 0. The molecule has 0 bridgehead atoms. The second-order valence-corrected chi connectivity index (χ2v) is 5.26. The largest absolute Gasteiger partial charge is 0.328 e. The molecule has 0 aliphatic rings. The van der Waals surface area contributed by atoms with E-state index in [0.29, 0.717) is 0 Å². The number of aryl methyl sites for hydroxylation is 1. The average Bonchev–Trinajstić information content (AvgIpc) is 2.50. The number of rotatable bonds is 5. The van der Waals surface area contributed by atoms with Crippen molar-refractivity contribution in [3.8, 4) is 0 Å². The van der Waals surface area contributed by atoms with Gasteiger partial charge >= 0.3 is 5.69 Å². The van der Waals surface area contributed by atoms with Gasteiger partial charge in [0.05, 0.1) is 0 Å². The fraction of sp³-hybridized carbons (Fsp3) is 0.727. The predicted molar refractivity (Wildman–Crippen MR) is 66.6 cm³/mol. The van der Waals surface area contributed by atoms with Gasteiger partial charge in [0.1, 0.15) is 0 Å². The smallest absolute Gasteiger partial charge is 0.299 e. The highest BCUT2D eigenvalue weighted by molar-refractivity contribution is 9.09. The van der Waals surface area contributed by atoms with Crippen molar-refractivity contribution >= 4 is 15.9 Å². The highest BCUT2D eigenvalue weighted by Gasteiger charge is 2.18. The third-order valence-electron chi connectivity index (χ3n) is 2.34. The van der Waals surface area contributed by atoms with Crippen LogP contribution in [0.5, 0.6) is 0 Å². The molecular weight excluding hydrogens is 256 g/mol. The summed E-state index contributed by atoms with van der Waals surface area (Å²) in [5.41, 5.74) is 0.216. The Hall–Kier alpha value is -0.510. The molecule has 0 amide bonds. The molecule has 0 aromatic carbocycles. The Bertz CT molecular complexity index is 365. The number of alkyl halides is 1. The zero-order valence-corrected chi connectivity index (χ0v) is 11.2. The van der Waals surface area contributed by atoms with E-state index in [-0.39, 0.29) is 11.1 Å². The summed E-state index contributed by atoms with van der Waals surface area (Å²) in [4.78, 5) is 11.9. The lowest BCUT2D eigenvalue weighted by Gasteiger charge is -2.21. The summed E-state index contributed by atoms with van der Waals surface area (Å²) >= 11 is 3.47. The number of imidazole rings is 1. The molecule has 0 N–H and O–H groups in total. The van der Waals surface area contributed by atoms with Crippen LogP contribution < -0.4 is 5.69 Å². The van der Waals surface area contributed by atoms with Gasteiger partial charge < -0.3 is 0 Å². The molecule has 0 saturated heterocycles. The zero-order chi connectivity index (χ0) is 11.5. The monoisotopic (exact) mass is 274 g/mol. The van der Waals surface area contributed by atoms with Crippen molar-refractivity contribution in [2.75, 3.05) is 5.33 Å². The molecule has 0 radical (unpaired) electrons. The van der Waals surface area contributed by atoms with Crippen molar-refractivity contribution in [1.82, 2.24) is 9.13 Å². The first-order valence-corrected chi connectivity index (χ1v) is 6.44. The van der Waals surface area contributed by atoms with E-state index < -0.39 is 0 Å². The van der Waals surface area contributed by atoms with Gasteiger partial charge in [0.2, 0.25) is 0 Å². The molecule has 0 saturated carbocycles. The van der Waals surface area contributed by atoms with Gasteiger partial charge in [0.15, 0.2) is 0 Å². The molecule has 86 valence electrons. The maximum atomic E-state index is 11.9. The first-order valence-electron chi connectivity index (χ1n) is 5.31. The van der Waals surface area contributed by atoms with E-state index in [0.717, 1.165) is 24.8 Å². The van der Waals surface area contributed by atoms with Crippen molar-refractivity contribution < 1.29 is 0 Å². The summed E-state index contributed by atoms with van der Waals surface area (Å²) in [7, 11) is 0. The van der Waals surface area contributed by atoms with Crippen LogP contribution in [-0.4, -0.2) is 14.5 Å². The maximum Gasteiger partial charge on any atom is 0.328 e. The Balaban J connectivity index is 2.84. The molecule has 15 heavy (non-hydrogen) atoms. The normalized spacial score (nSPS) is 12.0. The summed E-state index contributed by atoms with van der Waals surface area (Å²) in [5, 5.41) is 0.894. The molecule has 1 heterocycles. The molecule has 0 aliphatic heterocycles. The van der Waals surface area contributed by atoms with Crippen LogP contribution in [0.25, 0.3) is 0 Å². The Morgan fingerprint density at radius 1 is 1.33 bits per heavy atom. The molecular formula is C11H19BrN2O. The molecule has 3 nitrogen and oxygen atoms in total. The molecule has 0 spiro atoms. The van der Waals surface area contributed by atoms with Crippen LogP contribution >= 0.6 is 15.9 Å². The molecule has 4 heteroatoms. The number of nitrogens with zero attached hydrogens (tertiary/aromatic N) is 2. The minimum absolute atomic E-state index is 0.103. The SMILES string of the molecule is CCCn1ccn(CC(C)(C)CBr)c1=O. The fourth-order valence-electron chi connectivity index (χ4n) is 1.49. The number of halogens is 1. The topological polar surface area (TPSA) is 26.9 Å². The zero-order valence-electron chi connectivity index (χ0n) is 9.66. The third kappa shape index (κ3) is 3.23. The van der Waals surface area contributed by atoms with E-state index in [9.17, 15) is 4.79 Å². The van der Waals surface area contributed by atoms with Crippen molar-refractivity contribution in [2.45, 2.75) is 40.3 Å². The molecule has 0 atom stereocenters. The first kappa shape index (κ1) is 12.6. The Kier molecular flexibility index (Phi) is 4.20. The number of hydrogen-bond acceptors (Lipinski definition) is 1. The lowest BCUT2D eigenvalue weighted by Crippen LogP contribution is -2.30. The van der Waals surface area contributed by atoms with E-state index in [1.165, 1.54) is 0 Å². The Labute approximate surface area is 99.2 Å². The Morgan fingerprint density at radius 2 is 1.93 bits per heavy atom. The molecule has 0 aliphatic carbocycles. The van der Waals surface area contributed by atoms with Crippen molar-refractivity contribution in [1.29, 1.82) is 0 Å². The van der Waals surface area contributed by atoms with E-state index >= 15 is 0 Å². The van der Waals surface area contributed by atoms with Crippen LogP contribution in [0.15, 0.2) is 17.2 Å². The van der Waals surface area contributed by atoms with E-state index in [1.807, 2.05) is 12.4 Å². The molecule has 0 unspecified atom stereocenters. The molecule has 0 fully saturated rings. The van der Waals surface area contributed by atoms with Crippen molar-refractivity contribution in [3.05, 3.63) is 22.9 Å². The Morgan fingerprint density at radius 3 is 2.47 bits per heavy atom. The molecule has 1 aromatic heterocycles. The summed E-state index contributed by atoms with van der Waals surface area (Å²) in [6.45, 7) is 7.93. The van der Waals surface area contributed by atoms with E-state index in [4.69, 9.17) is 0 Å². The predicted octanol–water partition coefficient (Wildman–Crippen LogP) is 2.48. The van der Waals surface area contributed by atoms with Gasteiger partial charge in [-0.1, -0.05) is 36.7 Å². The molecule has 1 rings (SSSR count). The van der Waals surface area contributed by atoms with Crippen LogP contribution in [0, 0.1) is 5.41 Å².